The van der Waals surface area contributed by atoms with E-state index >= 15 is 0 Å². The summed E-state index contributed by atoms with van der Waals surface area (Å²) in [6, 6.07) is 57.6. The summed E-state index contributed by atoms with van der Waals surface area (Å²) < 4.78 is 67.3. The minimum absolute atomic E-state index is 0.00800. The molecule has 2 aliphatic heterocycles. The molecule has 2 heterocycles. The summed E-state index contributed by atoms with van der Waals surface area (Å²) in [6.45, 7) is 4.02. The third-order valence-electron chi connectivity index (χ3n) is 12.1. The molecule has 0 aliphatic carbocycles. The van der Waals surface area contributed by atoms with Crippen molar-refractivity contribution in [2.24, 2.45) is 0 Å². The molecule has 13 heteroatoms. The second-order valence-corrected chi connectivity index (χ2v) is 17.6. The topological polar surface area (TPSA) is 138 Å². The summed E-state index contributed by atoms with van der Waals surface area (Å²) in [6.07, 6.45) is -9.07. The minimum atomic E-state index is -1.32. The van der Waals surface area contributed by atoms with Crippen LogP contribution >= 0.6 is 0 Å². The summed E-state index contributed by atoms with van der Waals surface area (Å²) in [4.78, 5) is 26.6. The van der Waals surface area contributed by atoms with Crippen LogP contribution in [0.5, 0.6) is 0 Å². The quantitative estimate of drug-likeness (QED) is 0.0581. The molecule has 0 spiro atoms. The van der Waals surface area contributed by atoms with Gasteiger partial charge in [-0.3, -0.25) is 9.59 Å². The fourth-order valence-electron chi connectivity index (χ4n) is 8.70. The highest BCUT2D eigenvalue weighted by Gasteiger charge is 2.55. The van der Waals surface area contributed by atoms with Crippen molar-refractivity contribution in [3.8, 4) is 0 Å². The van der Waals surface area contributed by atoms with Gasteiger partial charge in [-0.25, -0.2) is 0 Å². The molecule has 0 aromatic heterocycles. The summed E-state index contributed by atoms with van der Waals surface area (Å²) in [5.41, 5.74) is 5.52. The molecular formula is C58H63NO12. The maximum absolute atomic E-state index is 13.3. The molecule has 2 saturated heterocycles. The Bertz CT molecular complexity index is 2460. The summed E-state index contributed by atoms with van der Waals surface area (Å²) in [5, 5.41) is 3.08. The van der Waals surface area contributed by atoms with Gasteiger partial charge in [0.2, 0.25) is 5.91 Å². The Morgan fingerprint density at radius 2 is 0.761 bits per heavy atom. The Hall–Kier alpha value is -6.10. The molecule has 6 aromatic rings. The van der Waals surface area contributed by atoms with Crippen LogP contribution < -0.4 is 5.32 Å². The van der Waals surface area contributed by atoms with Crippen molar-refractivity contribution in [1.82, 2.24) is 5.32 Å². The number of benzene rings is 6. The molecule has 2 fully saturated rings. The molecule has 1 N–H and O–H groups in total. The van der Waals surface area contributed by atoms with E-state index < -0.39 is 67.3 Å². The summed E-state index contributed by atoms with van der Waals surface area (Å²) >= 11 is 0. The van der Waals surface area contributed by atoms with E-state index in [1.165, 1.54) is 13.8 Å². The van der Waals surface area contributed by atoms with Gasteiger partial charge in [-0.2, -0.15) is 0 Å². The van der Waals surface area contributed by atoms with E-state index in [-0.39, 0.29) is 58.8 Å². The van der Waals surface area contributed by atoms with Gasteiger partial charge < -0.3 is 52.7 Å². The van der Waals surface area contributed by atoms with Crippen molar-refractivity contribution in [2.75, 3.05) is 13.2 Å². The number of hydrogen-bond donors (Lipinski definition) is 1. The Morgan fingerprint density at radius 1 is 0.408 bits per heavy atom. The molecule has 0 unspecified atom stereocenters. The van der Waals surface area contributed by atoms with Gasteiger partial charge >= 0.3 is 5.97 Å². The highest BCUT2D eigenvalue weighted by molar-refractivity contribution is 5.73. The van der Waals surface area contributed by atoms with Crippen LogP contribution in [0.4, 0.5) is 0 Å². The smallest absolute Gasteiger partial charge is 0.303 e. The maximum atomic E-state index is 13.3. The van der Waals surface area contributed by atoms with Crippen LogP contribution in [-0.2, 0) is 96.6 Å². The molecule has 8 rings (SSSR count). The second-order valence-electron chi connectivity index (χ2n) is 17.6. The average molecular weight is 966 g/mol. The molecule has 71 heavy (non-hydrogen) atoms. The van der Waals surface area contributed by atoms with E-state index in [1.54, 1.807) is 0 Å². The standard InChI is InChI=1S/C58H63NO12/c1-41(60)59-51-54(65-36-46-27-15-6-16-28-46)53(50(40-63-34-44-23-11-4-12-24-44)69-57(51)67-38-48-31-19-8-20-32-48)71-58-56(68-42(2)61)55(66-37-47-29-17-7-18-30-47)52(64-35-45-25-13-5-14-26-45)49(70-58)39-62-33-43-21-9-3-10-22-43/h3-32,49-58H,33-40H2,1-2H3,(H,59,60)/t49-,50-,51-,52-,53-,54-,55+,56-,57+,58+/m1/s1. The van der Waals surface area contributed by atoms with Gasteiger partial charge in [0, 0.05) is 13.8 Å². The van der Waals surface area contributed by atoms with Gasteiger partial charge in [-0.1, -0.05) is 182 Å². The van der Waals surface area contributed by atoms with E-state index in [0.29, 0.717) is 0 Å². The Balaban J connectivity index is 1.18. The van der Waals surface area contributed by atoms with Gasteiger partial charge in [-0.15, -0.1) is 0 Å². The SMILES string of the molecule is CC(=O)N[C@H]1[C@@H](OCc2ccccc2)O[C@H](COCc2ccccc2)[C@@H](O[C@@H]2O[C@H](COCc3ccccc3)[C@@H](OCc3ccccc3)[C@H](OCc3ccccc3)[C@H]2OC(C)=O)[C@@H]1OCc1ccccc1. The van der Waals surface area contributed by atoms with Crippen molar-refractivity contribution in [1.29, 1.82) is 0 Å². The van der Waals surface area contributed by atoms with Crippen molar-refractivity contribution >= 4 is 11.9 Å². The van der Waals surface area contributed by atoms with Gasteiger partial charge in [0.25, 0.3) is 0 Å². The lowest BCUT2D eigenvalue weighted by Gasteiger charge is -2.50. The summed E-state index contributed by atoms with van der Waals surface area (Å²) in [5.74, 6) is -0.931. The number of esters is 1. The van der Waals surface area contributed by atoms with Crippen LogP contribution in [0.25, 0.3) is 0 Å². The highest BCUT2D eigenvalue weighted by atomic mass is 16.8. The van der Waals surface area contributed by atoms with Gasteiger partial charge in [0.1, 0.15) is 42.7 Å². The average Bonchev–Trinajstić information content (AvgIpc) is 3.40. The fraction of sp³-hybridized carbons (Fsp3) is 0.345. The van der Waals surface area contributed by atoms with Crippen LogP contribution in [-0.4, -0.2) is 86.4 Å². The number of carbonyl (C=O) groups is 2. The predicted octanol–water partition coefficient (Wildman–Crippen LogP) is 8.66. The zero-order valence-corrected chi connectivity index (χ0v) is 40.1. The lowest BCUT2D eigenvalue weighted by Crippen LogP contribution is -2.68. The molecule has 10 atom stereocenters. The third-order valence-corrected chi connectivity index (χ3v) is 12.1. The van der Waals surface area contributed by atoms with E-state index in [4.69, 9.17) is 47.4 Å². The first kappa shape index (κ1) is 51.3. The van der Waals surface area contributed by atoms with Crippen LogP contribution in [0.15, 0.2) is 182 Å². The molecule has 13 nitrogen and oxygen atoms in total. The number of ether oxygens (including phenoxy) is 10. The van der Waals surface area contributed by atoms with Gasteiger partial charge in [0.15, 0.2) is 18.7 Å². The first-order valence-electron chi connectivity index (χ1n) is 24.1. The zero-order valence-electron chi connectivity index (χ0n) is 40.1. The van der Waals surface area contributed by atoms with E-state index in [0.717, 1.165) is 33.4 Å². The maximum Gasteiger partial charge on any atom is 0.303 e. The molecule has 0 radical (unpaired) electrons. The van der Waals surface area contributed by atoms with Crippen molar-refractivity contribution in [2.45, 2.75) is 115 Å². The Labute approximate surface area is 416 Å². The lowest BCUT2D eigenvalue weighted by molar-refractivity contribution is -0.361. The first-order chi connectivity index (χ1) is 34.9. The number of carbonyl (C=O) groups excluding carboxylic acids is 2. The number of amides is 1. The zero-order chi connectivity index (χ0) is 49.0. The Morgan fingerprint density at radius 3 is 1.17 bits per heavy atom. The third kappa shape index (κ3) is 15.4. The van der Waals surface area contributed by atoms with Crippen LogP contribution in [0.3, 0.4) is 0 Å². The number of rotatable bonds is 24. The van der Waals surface area contributed by atoms with Gasteiger partial charge in [-0.05, 0) is 33.4 Å². The van der Waals surface area contributed by atoms with Crippen LogP contribution in [0.2, 0.25) is 0 Å². The minimum Gasteiger partial charge on any atom is -0.454 e. The molecular weight excluding hydrogens is 903 g/mol. The van der Waals surface area contributed by atoms with Crippen molar-refractivity contribution in [3.05, 3.63) is 215 Å². The molecule has 372 valence electrons. The second kappa shape index (κ2) is 26.9. The largest absolute Gasteiger partial charge is 0.454 e. The van der Waals surface area contributed by atoms with Crippen LogP contribution in [0, 0.1) is 0 Å². The Kier molecular flexibility index (Phi) is 19.4. The molecule has 6 aromatic carbocycles. The van der Waals surface area contributed by atoms with Crippen molar-refractivity contribution < 1.29 is 57.0 Å². The van der Waals surface area contributed by atoms with Crippen LogP contribution in [0.1, 0.15) is 47.2 Å². The van der Waals surface area contributed by atoms with E-state index in [2.05, 4.69) is 5.32 Å². The molecule has 1 amide bonds. The molecule has 0 saturated carbocycles. The van der Waals surface area contributed by atoms with E-state index in [1.807, 2.05) is 182 Å². The fourth-order valence-corrected chi connectivity index (χ4v) is 8.70. The normalized spacial score (nSPS) is 24.2. The molecule has 2 aliphatic rings. The summed E-state index contributed by atoms with van der Waals surface area (Å²) in [7, 11) is 0. The number of nitrogens with one attached hydrogen (secondary N) is 1. The highest BCUT2D eigenvalue weighted by Crippen LogP contribution is 2.36. The molecule has 0 bridgehead atoms. The van der Waals surface area contributed by atoms with E-state index in [9.17, 15) is 9.59 Å². The van der Waals surface area contributed by atoms with Crippen molar-refractivity contribution in [3.63, 3.8) is 0 Å². The van der Waals surface area contributed by atoms with Gasteiger partial charge in [0.05, 0.1) is 52.9 Å². The predicted molar refractivity (Wildman–Crippen MR) is 264 cm³/mol. The number of hydrogen-bond acceptors (Lipinski definition) is 12. The lowest BCUT2D eigenvalue weighted by atomic mass is 9.94. The monoisotopic (exact) mass is 965 g/mol. The first-order valence-corrected chi connectivity index (χ1v) is 24.1.